The second-order valence-electron chi connectivity index (χ2n) is 4.00. The maximum absolute atomic E-state index is 3.24. The number of rotatable bonds is 2. The summed E-state index contributed by atoms with van der Waals surface area (Å²) in [5, 5.41) is 0. The summed E-state index contributed by atoms with van der Waals surface area (Å²) >= 11 is 0. The molecule has 0 aromatic heterocycles. The van der Waals surface area contributed by atoms with Gasteiger partial charge in [-0.05, 0) is 25.0 Å². The van der Waals surface area contributed by atoms with Crippen LogP contribution in [0.4, 0.5) is 0 Å². The highest BCUT2D eigenvalue weighted by atomic mass is 15.4. The summed E-state index contributed by atoms with van der Waals surface area (Å²) < 4.78 is 0. The lowest BCUT2D eigenvalue weighted by Crippen LogP contribution is -2.24. The van der Waals surface area contributed by atoms with Crippen molar-refractivity contribution in [2.45, 2.75) is 19.9 Å². The molecule has 2 N–H and O–H groups in total. The molecule has 15 heavy (non-hydrogen) atoms. The van der Waals surface area contributed by atoms with E-state index in [1.165, 1.54) is 16.7 Å². The number of allylic oxidation sites excluding steroid dienone is 1. The monoisotopic (exact) mass is 200 g/mol. The van der Waals surface area contributed by atoms with Crippen LogP contribution in [0, 0.1) is 0 Å². The molecule has 2 nitrogen and oxygen atoms in total. The predicted molar refractivity (Wildman–Crippen MR) is 63.0 cm³/mol. The van der Waals surface area contributed by atoms with Gasteiger partial charge < -0.3 is 5.43 Å². The van der Waals surface area contributed by atoms with Gasteiger partial charge in [0.1, 0.15) is 0 Å². The first-order valence-electron chi connectivity index (χ1n) is 5.18. The maximum atomic E-state index is 3.24. The molecule has 0 fully saturated rings. The van der Waals surface area contributed by atoms with Crippen molar-refractivity contribution < 1.29 is 0 Å². The van der Waals surface area contributed by atoms with E-state index >= 15 is 0 Å². The van der Waals surface area contributed by atoms with Crippen LogP contribution in [0.5, 0.6) is 0 Å². The molecule has 1 aromatic carbocycles. The summed E-state index contributed by atoms with van der Waals surface area (Å²) in [6.45, 7) is 4.22. The normalized spacial score (nSPS) is 19.3. The Balaban J connectivity index is 2.25. The molecule has 1 aromatic rings. The first kappa shape index (κ1) is 9.99. The van der Waals surface area contributed by atoms with Crippen molar-refractivity contribution in [2.75, 3.05) is 0 Å². The fraction of sp³-hybridized carbons (Fsp3) is 0.231. The van der Waals surface area contributed by atoms with E-state index in [1.54, 1.807) is 0 Å². The van der Waals surface area contributed by atoms with Gasteiger partial charge in [-0.3, -0.25) is 0 Å². The first-order chi connectivity index (χ1) is 7.27. The van der Waals surface area contributed by atoms with Gasteiger partial charge in [-0.2, -0.15) is 0 Å². The third-order valence-corrected chi connectivity index (χ3v) is 2.39. The van der Waals surface area contributed by atoms with Gasteiger partial charge in [-0.25, -0.2) is 5.43 Å². The topological polar surface area (TPSA) is 24.1 Å². The highest BCUT2D eigenvalue weighted by Crippen LogP contribution is 2.25. The highest BCUT2D eigenvalue weighted by Gasteiger charge is 2.18. The second-order valence-corrected chi connectivity index (χ2v) is 4.00. The van der Waals surface area contributed by atoms with Gasteiger partial charge in [0.2, 0.25) is 0 Å². The minimum Gasteiger partial charge on any atom is -0.328 e. The fourth-order valence-corrected chi connectivity index (χ4v) is 1.75. The number of hydrazine groups is 1. The minimum atomic E-state index is 0.265. The van der Waals surface area contributed by atoms with Crippen molar-refractivity contribution in [1.82, 2.24) is 10.9 Å². The van der Waals surface area contributed by atoms with Crippen LogP contribution in [0.1, 0.15) is 25.5 Å². The van der Waals surface area contributed by atoms with Gasteiger partial charge in [0.15, 0.2) is 0 Å². The van der Waals surface area contributed by atoms with E-state index in [0.29, 0.717) is 0 Å². The predicted octanol–water partition coefficient (Wildman–Crippen LogP) is 2.69. The summed E-state index contributed by atoms with van der Waals surface area (Å²) in [5.74, 6) is 0. The van der Waals surface area contributed by atoms with Crippen molar-refractivity contribution in [3.8, 4) is 0 Å². The van der Waals surface area contributed by atoms with Crippen LogP contribution in [0.15, 0.2) is 53.8 Å². The van der Waals surface area contributed by atoms with Crippen LogP contribution in [0.2, 0.25) is 0 Å². The van der Waals surface area contributed by atoms with E-state index in [2.05, 4.69) is 55.0 Å². The molecule has 0 bridgehead atoms. The number of hydrogen-bond donors (Lipinski definition) is 2. The van der Waals surface area contributed by atoms with E-state index in [4.69, 9.17) is 0 Å². The molecular formula is C13H16N2. The molecule has 0 saturated heterocycles. The zero-order valence-corrected chi connectivity index (χ0v) is 9.12. The number of benzene rings is 1. The lowest BCUT2D eigenvalue weighted by atomic mass is 9.99. The average Bonchev–Trinajstić information content (AvgIpc) is 2.66. The van der Waals surface area contributed by atoms with E-state index in [0.717, 1.165) is 0 Å². The van der Waals surface area contributed by atoms with Crippen molar-refractivity contribution in [2.24, 2.45) is 0 Å². The summed E-state index contributed by atoms with van der Waals surface area (Å²) in [5.41, 5.74) is 10.2. The van der Waals surface area contributed by atoms with Crippen LogP contribution < -0.4 is 10.9 Å². The number of nitrogens with one attached hydrogen (secondary N) is 2. The standard InChI is InChI=1S/C13H16N2/c1-10(2)8-12-9-14-15-13(12)11-6-4-3-5-7-11/h3-9,13-15H,1-2H3. The molecule has 1 aliphatic heterocycles. The number of hydrogen-bond acceptors (Lipinski definition) is 2. The van der Waals surface area contributed by atoms with Crippen molar-refractivity contribution in [3.63, 3.8) is 0 Å². The van der Waals surface area contributed by atoms with Gasteiger partial charge >= 0.3 is 0 Å². The molecule has 0 radical (unpaired) electrons. The zero-order valence-electron chi connectivity index (χ0n) is 9.12. The Hall–Kier alpha value is -1.54. The Morgan fingerprint density at radius 2 is 1.93 bits per heavy atom. The fourth-order valence-electron chi connectivity index (χ4n) is 1.75. The van der Waals surface area contributed by atoms with Crippen LogP contribution >= 0.6 is 0 Å². The van der Waals surface area contributed by atoms with Gasteiger partial charge in [0.05, 0.1) is 6.04 Å². The maximum Gasteiger partial charge on any atom is 0.0774 e. The SMILES string of the molecule is CC(C)=CC1=CNNC1c1ccccc1. The Labute approximate surface area is 90.7 Å². The van der Waals surface area contributed by atoms with Crippen molar-refractivity contribution >= 4 is 0 Å². The molecule has 2 rings (SSSR count). The summed E-state index contributed by atoms with van der Waals surface area (Å²) in [6.07, 6.45) is 4.22. The lowest BCUT2D eigenvalue weighted by molar-refractivity contribution is 0.601. The molecule has 0 saturated carbocycles. The summed E-state index contributed by atoms with van der Waals surface area (Å²) in [7, 11) is 0. The zero-order chi connectivity index (χ0) is 10.7. The molecular weight excluding hydrogens is 184 g/mol. The minimum absolute atomic E-state index is 0.265. The largest absolute Gasteiger partial charge is 0.328 e. The molecule has 78 valence electrons. The first-order valence-corrected chi connectivity index (χ1v) is 5.18. The van der Waals surface area contributed by atoms with Crippen LogP contribution in [0.25, 0.3) is 0 Å². The second kappa shape index (κ2) is 4.32. The molecule has 0 amide bonds. The van der Waals surface area contributed by atoms with Gasteiger partial charge in [-0.1, -0.05) is 42.0 Å². The lowest BCUT2D eigenvalue weighted by Gasteiger charge is -2.13. The smallest absolute Gasteiger partial charge is 0.0774 e. The highest BCUT2D eigenvalue weighted by molar-refractivity contribution is 5.37. The average molecular weight is 200 g/mol. The Morgan fingerprint density at radius 3 is 2.60 bits per heavy atom. The molecule has 2 heteroatoms. The quantitative estimate of drug-likeness (QED) is 0.767. The molecule has 1 atom stereocenters. The van der Waals surface area contributed by atoms with Crippen LogP contribution in [-0.4, -0.2) is 0 Å². The summed E-state index contributed by atoms with van der Waals surface area (Å²) in [6, 6.07) is 10.7. The molecule has 0 aliphatic carbocycles. The Morgan fingerprint density at radius 1 is 1.20 bits per heavy atom. The molecule has 1 unspecified atom stereocenters. The van der Waals surface area contributed by atoms with Crippen LogP contribution in [0.3, 0.4) is 0 Å². The Kier molecular flexibility index (Phi) is 2.88. The summed E-state index contributed by atoms with van der Waals surface area (Å²) in [4.78, 5) is 0. The molecule has 1 aliphatic rings. The van der Waals surface area contributed by atoms with Gasteiger partial charge in [-0.15, -0.1) is 0 Å². The third kappa shape index (κ3) is 2.28. The van der Waals surface area contributed by atoms with E-state index in [-0.39, 0.29) is 6.04 Å². The molecule has 1 heterocycles. The van der Waals surface area contributed by atoms with Gasteiger partial charge in [0, 0.05) is 6.20 Å². The molecule has 0 spiro atoms. The van der Waals surface area contributed by atoms with Crippen LogP contribution in [-0.2, 0) is 0 Å². The Bertz CT molecular complexity index is 386. The van der Waals surface area contributed by atoms with E-state index in [1.807, 2.05) is 12.3 Å². The van der Waals surface area contributed by atoms with E-state index < -0.39 is 0 Å². The van der Waals surface area contributed by atoms with Crippen molar-refractivity contribution in [3.05, 3.63) is 59.3 Å². The van der Waals surface area contributed by atoms with E-state index in [9.17, 15) is 0 Å². The third-order valence-electron chi connectivity index (χ3n) is 2.39. The van der Waals surface area contributed by atoms with Crippen molar-refractivity contribution in [1.29, 1.82) is 0 Å². The van der Waals surface area contributed by atoms with Gasteiger partial charge in [0.25, 0.3) is 0 Å².